The van der Waals surface area contributed by atoms with Crippen LogP contribution in [0.1, 0.15) is 40.7 Å². The Balaban J connectivity index is 0.000000967. The predicted molar refractivity (Wildman–Crippen MR) is 159 cm³/mol. The molecule has 0 amide bonds. The minimum Gasteiger partial charge on any atom is -0.478 e. The molecule has 0 aliphatic carbocycles. The Morgan fingerprint density at radius 3 is 2.41 bits per heavy atom. The lowest BCUT2D eigenvalue weighted by molar-refractivity contribution is -0.191. The third-order valence-corrected chi connectivity index (χ3v) is 8.36. The van der Waals surface area contributed by atoms with Gasteiger partial charge in [0.25, 0.3) is 0 Å². The van der Waals surface area contributed by atoms with Gasteiger partial charge in [-0.05, 0) is 72.9 Å². The fourth-order valence-electron chi connectivity index (χ4n) is 6.59. The van der Waals surface area contributed by atoms with Gasteiger partial charge < -0.3 is 14.4 Å². The highest BCUT2D eigenvalue weighted by Gasteiger charge is 2.28. The zero-order chi connectivity index (χ0) is 28.7. The van der Waals surface area contributed by atoms with Gasteiger partial charge in [0.1, 0.15) is 25.3 Å². The van der Waals surface area contributed by atoms with Crippen LogP contribution in [0.2, 0.25) is 0 Å². The number of aryl methyl sites for hydroxylation is 2. The Kier molecular flexibility index (Phi) is 6.90. The lowest BCUT2D eigenvalue weighted by Gasteiger charge is -2.32. The number of fused-ring (bicyclic) bond motifs is 5. The van der Waals surface area contributed by atoms with Crippen LogP contribution in [0, 0.1) is 0 Å². The smallest absolute Gasteiger partial charge is 0.373 e. The second kappa shape index (κ2) is 10.7. The molecule has 1 aromatic heterocycles. The lowest BCUT2D eigenvalue weighted by atomic mass is 9.87. The largest absolute Gasteiger partial charge is 0.478 e. The Bertz CT molecular complexity index is 1960. The molecule has 7 rings (SSSR count). The Labute approximate surface area is 236 Å². The second-order valence-corrected chi connectivity index (χ2v) is 10.9. The molecule has 0 fully saturated rings. The lowest BCUT2D eigenvalue weighted by Crippen LogP contribution is -2.30. The van der Waals surface area contributed by atoms with E-state index >= 15 is 0 Å². The first-order valence-electron chi connectivity index (χ1n) is 14.0. The number of anilines is 1. The molecule has 2 aliphatic heterocycles. The van der Waals surface area contributed by atoms with Crippen molar-refractivity contribution in [2.45, 2.75) is 32.1 Å². The summed E-state index contributed by atoms with van der Waals surface area (Å²) in [4.78, 5) is 31.2. The van der Waals surface area contributed by atoms with Crippen molar-refractivity contribution in [2.75, 3.05) is 32.1 Å². The van der Waals surface area contributed by atoms with Crippen LogP contribution in [0.4, 0.5) is 5.69 Å². The van der Waals surface area contributed by atoms with E-state index in [0.29, 0.717) is 5.56 Å². The van der Waals surface area contributed by atoms with Crippen LogP contribution >= 0.6 is 0 Å². The van der Waals surface area contributed by atoms with Crippen molar-refractivity contribution in [2.24, 2.45) is 0 Å². The molecule has 0 saturated heterocycles. The number of hydrogen-bond donors (Lipinski definition) is 1. The highest BCUT2D eigenvalue weighted by atomic mass is 16.4. The van der Waals surface area contributed by atoms with E-state index in [1.54, 1.807) is 12.1 Å². The number of hydrogen-bond acceptors (Lipinski definition) is 5. The molecule has 5 aromatic rings. The molecule has 0 bridgehead atoms. The van der Waals surface area contributed by atoms with Crippen LogP contribution in [-0.2, 0) is 22.4 Å². The van der Waals surface area contributed by atoms with E-state index in [-0.39, 0.29) is 6.15 Å². The molecule has 7 nitrogen and oxygen atoms in total. The average molecular weight is 548 g/mol. The van der Waals surface area contributed by atoms with E-state index in [1.165, 1.54) is 29.7 Å². The molecule has 2 aliphatic rings. The number of rotatable bonds is 2. The predicted octanol–water partition coefficient (Wildman–Crippen LogP) is 5.64. The minimum absolute atomic E-state index is 0.250. The molecular formula is C34H31N2O5+. The van der Waals surface area contributed by atoms with E-state index in [4.69, 9.17) is 14.0 Å². The van der Waals surface area contributed by atoms with E-state index in [1.807, 2.05) is 26.2 Å². The normalized spacial score (nSPS) is 14.1. The fourth-order valence-corrected chi connectivity index (χ4v) is 6.59. The molecule has 4 aromatic carbocycles. The number of aromatic carboxylic acids is 1. The number of carboxylic acid groups (broad SMARTS) is 1. The maximum absolute atomic E-state index is 12.4. The first kappa shape index (κ1) is 26.5. The van der Waals surface area contributed by atoms with Gasteiger partial charge in [0.2, 0.25) is 0 Å². The standard InChI is InChI=1S/C33H30N2O3.CO2/c1-34(2)22-13-15-23-20(18-22)12-14-26-29(24-9-3-4-10-25(24)33(36)37)28-19-21-8-5-6-16-35-17-7-11-27(30(21)35)32(28)38-31(23)26;2-1-3/h3-4,9-10,12-15,18-19H,5-8,11,16-17H2,1-2H3;/p+1. The van der Waals surface area contributed by atoms with Gasteiger partial charge in [-0.15, -0.1) is 0 Å². The molecule has 0 spiro atoms. The summed E-state index contributed by atoms with van der Waals surface area (Å²) in [7, 11) is 4.09. The van der Waals surface area contributed by atoms with Crippen LogP contribution in [0.15, 0.2) is 65.1 Å². The van der Waals surface area contributed by atoms with Crippen molar-refractivity contribution in [3.63, 3.8) is 0 Å². The molecule has 0 atom stereocenters. The third kappa shape index (κ3) is 4.48. The summed E-state index contributed by atoms with van der Waals surface area (Å²) in [6.45, 7) is 2.17. The van der Waals surface area contributed by atoms with Gasteiger partial charge >= 0.3 is 12.1 Å². The van der Waals surface area contributed by atoms with Crippen molar-refractivity contribution in [3.05, 3.63) is 82.7 Å². The molecule has 0 saturated carbocycles. The topological polar surface area (TPSA) is 90.8 Å². The van der Waals surface area contributed by atoms with Gasteiger partial charge in [0, 0.05) is 58.2 Å². The van der Waals surface area contributed by atoms with E-state index < -0.39 is 5.97 Å². The number of carbonyl (C=O) groups excluding carboxylic acids is 2. The Morgan fingerprint density at radius 2 is 1.63 bits per heavy atom. The Hall–Kier alpha value is -4.74. The number of carbonyl (C=O) groups is 1. The fraction of sp³-hybridized carbons (Fsp3) is 0.265. The monoisotopic (exact) mass is 547 g/mol. The Morgan fingerprint density at radius 1 is 0.878 bits per heavy atom. The highest BCUT2D eigenvalue weighted by molar-refractivity contribution is 6.18. The van der Waals surface area contributed by atoms with E-state index in [0.717, 1.165) is 81.5 Å². The van der Waals surface area contributed by atoms with Gasteiger partial charge in [-0.25, -0.2) is 9.37 Å². The van der Waals surface area contributed by atoms with Crippen LogP contribution < -0.4 is 14.8 Å². The zero-order valence-electron chi connectivity index (χ0n) is 23.2. The van der Waals surface area contributed by atoms with Crippen molar-refractivity contribution < 1.29 is 23.9 Å². The van der Waals surface area contributed by atoms with Crippen molar-refractivity contribution in [1.29, 1.82) is 0 Å². The van der Waals surface area contributed by atoms with E-state index in [2.05, 4.69) is 45.9 Å². The summed E-state index contributed by atoms with van der Waals surface area (Å²) in [6.07, 6.45) is 5.72. The number of benzene rings is 4. The quantitative estimate of drug-likeness (QED) is 0.175. The molecule has 206 valence electrons. The zero-order valence-corrected chi connectivity index (χ0v) is 23.2. The molecule has 0 radical (unpaired) electrons. The minimum atomic E-state index is -0.915. The van der Waals surface area contributed by atoms with Crippen molar-refractivity contribution >= 4 is 50.5 Å². The summed E-state index contributed by atoms with van der Waals surface area (Å²) < 4.78 is 9.05. The molecule has 41 heavy (non-hydrogen) atoms. The molecule has 3 heterocycles. The van der Waals surface area contributed by atoms with Gasteiger partial charge in [0.05, 0.1) is 5.56 Å². The van der Waals surface area contributed by atoms with E-state index in [9.17, 15) is 9.90 Å². The van der Waals surface area contributed by atoms with Crippen molar-refractivity contribution in [3.8, 4) is 11.1 Å². The first-order chi connectivity index (χ1) is 19.9. The van der Waals surface area contributed by atoms with Crippen LogP contribution in [0.3, 0.4) is 0 Å². The first-order valence-corrected chi connectivity index (χ1v) is 14.0. The summed E-state index contributed by atoms with van der Waals surface area (Å²) in [6, 6.07) is 20.4. The van der Waals surface area contributed by atoms with Crippen LogP contribution in [-0.4, -0.2) is 44.4 Å². The summed E-state index contributed by atoms with van der Waals surface area (Å²) >= 11 is 0. The number of nitrogens with zero attached hydrogens (tertiary/aromatic N) is 2. The second-order valence-electron chi connectivity index (χ2n) is 10.9. The third-order valence-electron chi connectivity index (χ3n) is 8.36. The molecule has 7 heteroatoms. The van der Waals surface area contributed by atoms with Crippen molar-refractivity contribution in [1.82, 2.24) is 4.58 Å². The molecular weight excluding hydrogens is 516 g/mol. The maximum atomic E-state index is 12.4. The van der Waals surface area contributed by atoms with Crippen LogP contribution in [0.5, 0.6) is 0 Å². The van der Waals surface area contributed by atoms with Gasteiger partial charge in [-0.3, -0.25) is 0 Å². The maximum Gasteiger partial charge on any atom is 0.373 e. The average Bonchev–Trinajstić information content (AvgIpc) is 3.19. The van der Waals surface area contributed by atoms with Gasteiger partial charge in [-0.2, -0.15) is 9.59 Å². The number of carboxylic acids is 1. The SMILES string of the molecule is C[N+](C)=c1ccc2c(ccc3c(-c4ccccc4C(=O)O)c4cc5c6c(c4oc32)CCCN6CCCC5)c1.O=C=O. The van der Waals surface area contributed by atoms with Gasteiger partial charge in [0.15, 0.2) is 5.36 Å². The van der Waals surface area contributed by atoms with Gasteiger partial charge in [-0.1, -0.05) is 24.3 Å². The highest BCUT2D eigenvalue weighted by Crippen LogP contribution is 2.46. The summed E-state index contributed by atoms with van der Waals surface area (Å²) in [5.41, 5.74) is 7.74. The molecule has 0 unspecified atom stereocenters. The summed E-state index contributed by atoms with van der Waals surface area (Å²) in [5.74, 6) is -0.915. The molecule has 1 N–H and O–H groups in total. The van der Waals surface area contributed by atoms with Crippen LogP contribution in [0.25, 0.3) is 43.8 Å². The summed E-state index contributed by atoms with van der Waals surface area (Å²) in [5, 5.41) is 15.4.